The molecule has 0 aliphatic heterocycles. The summed E-state index contributed by atoms with van der Waals surface area (Å²) in [5, 5.41) is 3.40. The Balaban J connectivity index is 2.14. The summed E-state index contributed by atoms with van der Waals surface area (Å²) < 4.78 is 5.01. The Hall–Kier alpha value is -1.59. The van der Waals surface area contributed by atoms with Crippen LogP contribution in [0.25, 0.3) is 11.1 Å². The molecule has 0 radical (unpaired) electrons. The summed E-state index contributed by atoms with van der Waals surface area (Å²) in [7, 11) is 0. The van der Waals surface area contributed by atoms with Crippen molar-refractivity contribution in [1.82, 2.24) is 10.3 Å². The van der Waals surface area contributed by atoms with Crippen LogP contribution >= 0.6 is 0 Å². The maximum absolute atomic E-state index is 11.1. The minimum absolute atomic E-state index is 0.0169. The Morgan fingerprint density at radius 2 is 2.21 bits per heavy atom. The molecule has 0 unspecified atom stereocenters. The Morgan fingerprint density at radius 1 is 1.42 bits per heavy atom. The second-order valence-corrected chi connectivity index (χ2v) is 5.43. The molecule has 1 aromatic heterocycles. The molecular weight excluding hydrogens is 242 g/mol. The van der Waals surface area contributed by atoms with E-state index >= 15 is 0 Å². The highest BCUT2D eigenvalue weighted by Gasteiger charge is 2.20. The quantitative estimate of drug-likeness (QED) is 0.687. The fraction of sp³-hybridized carbons (Fsp3) is 0.500. The number of fused-ring (bicyclic) bond motifs is 1. The van der Waals surface area contributed by atoms with Gasteiger partial charge in [0, 0.05) is 12.0 Å². The maximum atomic E-state index is 11.1. The zero-order valence-electron chi connectivity index (χ0n) is 11.5. The third kappa shape index (κ3) is 3.24. The van der Waals surface area contributed by atoms with Crippen LogP contribution in [0.4, 0.5) is 0 Å². The first-order chi connectivity index (χ1) is 9.03. The number of hydrogen-bond acceptors (Lipinski definition) is 4. The molecule has 0 amide bonds. The van der Waals surface area contributed by atoms with Gasteiger partial charge in [-0.1, -0.05) is 19.9 Å². The van der Waals surface area contributed by atoms with E-state index in [2.05, 4.69) is 24.1 Å². The molecule has 0 fully saturated rings. The van der Waals surface area contributed by atoms with Gasteiger partial charge in [-0.05, 0) is 37.2 Å². The third-order valence-electron chi connectivity index (χ3n) is 3.33. The molecule has 0 aliphatic rings. The van der Waals surface area contributed by atoms with Crippen LogP contribution in [-0.4, -0.2) is 24.6 Å². The van der Waals surface area contributed by atoms with E-state index in [0.717, 1.165) is 30.6 Å². The minimum Gasteiger partial charge on any atom is -0.408 e. The lowest BCUT2D eigenvalue weighted by atomic mass is 9.84. The molecule has 0 saturated carbocycles. The van der Waals surface area contributed by atoms with Crippen molar-refractivity contribution in [2.75, 3.05) is 19.6 Å². The van der Waals surface area contributed by atoms with Gasteiger partial charge in [0.25, 0.3) is 0 Å². The zero-order valence-corrected chi connectivity index (χ0v) is 11.5. The predicted molar refractivity (Wildman–Crippen MR) is 76.4 cm³/mol. The molecule has 1 aromatic carbocycles. The van der Waals surface area contributed by atoms with Gasteiger partial charge in [-0.25, -0.2) is 4.79 Å². The number of aromatic amines is 1. The first-order valence-electron chi connectivity index (χ1n) is 6.57. The molecule has 1 heterocycles. The molecule has 4 N–H and O–H groups in total. The van der Waals surface area contributed by atoms with Crippen molar-refractivity contribution < 1.29 is 4.42 Å². The fourth-order valence-electron chi connectivity index (χ4n) is 2.10. The maximum Gasteiger partial charge on any atom is 0.417 e. The monoisotopic (exact) mass is 263 g/mol. The molecule has 19 heavy (non-hydrogen) atoms. The Labute approximate surface area is 112 Å². The van der Waals surface area contributed by atoms with Crippen LogP contribution in [0.3, 0.4) is 0 Å². The normalized spacial score (nSPS) is 12.2. The van der Waals surface area contributed by atoms with Gasteiger partial charge >= 0.3 is 5.76 Å². The lowest BCUT2D eigenvalue weighted by Crippen LogP contribution is -2.34. The number of hydrogen-bond donors (Lipinski definition) is 3. The van der Waals surface area contributed by atoms with Gasteiger partial charge < -0.3 is 15.5 Å². The number of oxazole rings is 1. The number of aromatic nitrogens is 1. The number of benzene rings is 1. The van der Waals surface area contributed by atoms with Crippen molar-refractivity contribution in [2.24, 2.45) is 5.73 Å². The molecule has 2 rings (SSSR count). The standard InChI is InChI=1S/C14H21N3O2/c1-14(2,9-16-7-3-6-15)10-4-5-12-11(8-10)17-13(18)19-12/h4-5,8,16H,3,6-7,9,15H2,1-2H3,(H,17,18). The van der Waals surface area contributed by atoms with Crippen LogP contribution in [0.2, 0.25) is 0 Å². The van der Waals surface area contributed by atoms with Gasteiger partial charge in [-0.3, -0.25) is 4.98 Å². The topological polar surface area (TPSA) is 84.0 Å². The van der Waals surface area contributed by atoms with Crippen LogP contribution < -0.4 is 16.8 Å². The second kappa shape index (κ2) is 5.59. The number of rotatable bonds is 6. The molecule has 0 aliphatic carbocycles. The van der Waals surface area contributed by atoms with Crippen LogP contribution in [0.5, 0.6) is 0 Å². The highest BCUT2D eigenvalue weighted by molar-refractivity contribution is 5.73. The van der Waals surface area contributed by atoms with Crippen LogP contribution in [0, 0.1) is 0 Å². The van der Waals surface area contributed by atoms with E-state index in [1.807, 2.05) is 18.2 Å². The van der Waals surface area contributed by atoms with E-state index in [9.17, 15) is 4.79 Å². The Morgan fingerprint density at radius 3 is 2.95 bits per heavy atom. The van der Waals surface area contributed by atoms with Crippen molar-refractivity contribution in [2.45, 2.75) is 25.7 Å². The molecular formula is C14H21N3O2. The number of nitrogens with two attached hydrogens (primary N) is 1. The van der Waals surface area contributed by atoms with Crippen molar-refractivity contribution in [1.29, 1.82) is 0 Å². The zero-order chi connectivity index (χ0) is 13.9. The van der Waals surface area contributed by atoms with E-state index in [1.165, 1.54) is 0 Å². The summed E-state index contributed by atoms with van der Waals surface area (Å²) in [4.78, 5) is 13.8. The molecule has 0 bridgehead atoms. The molecule has 0 saturated heterocycles. The fourth-order valence-corrected chi connectivity index (χ4v) is 2.10. The van der Waals surface area contributed by atoms with E-state index in [0.29, 0.717) is 12.1 Å². The smallest absolute Gasteiger partial charge is 0.408 e. The van der Waals surface area contributed by atoms with Gasteiger partial charge in [0.2, 0.25) is 0 Å². The number of nitrogens with one attached hydrogen (secondary N) is 2. The SMILES string of the molecule is CC(C)(CNCCCN)c1ccc2oc(=O)[nH]c2c1. The van der Waals surface area contributed by atoms with Crippen LogP contribution in [0.15, 0.2) is 27.4 Å². The predicted octanol–water partition coefficient (Wildman–Crippen LogP) is 1.34. The Kier molecular flexibility index (Phi) is 4.07. The van der Waals surface area contributed by atoms with Gasteiger partial charge in [-0.15, -0.1) is 0 Å². The third-order valence-corrected chi connectivity index (χ3v) is 3.33. The molecule has 5 heteroatoms. The summed E-state index contributed by atoms with van der Waals surface area (Å²) in [6.45, 7) is 6.82. The average Bonchev–Trinajstić information content (AvgIpc) is 2.73. The lowest BCUT2D eigenvalue weighted by molar-refractivity contribution is 0.467. The molecule has 5 nitrogen and oxygen atoms in total. The molecule has 0 atom stereocenters. The summed E-state index contributed by atoms with van der Waals surface area (Å²) in [6, 6.07) is 5.82. The summed E-state index contributed by atoms with van der Waals surface area (Å²) in [5.41, 5.74) is 7.96. The average molecular weight is 263 g/mol. The lowest BCUT2D eigenvalue weighted by Gasteiger charge is -2.25. The van der Waals surface area contributed by atoms with Crippen LogP contribution in [-0.2, 0) is 5.41 Å². The van der Waals surface area contributed by atoms with E-state index in [4.69, 9.17) is 10.2 Å². The van der Waals surface area contributed by atoms with Crippen molar-refractivity contribution in [3.05, 3.63) is 34.3 Å². The first kappa shape index (κ1) is 13.8. The van der Waals surface area contributed by atoms with Gasteiger partial charge in [0.1, 0.15) is 0 Å². The van der Waals surface area contributed by atoms with Crippen molar-refractivity contribution in [3.63, 3.8) is 0 Å². The first-order valence-corrected chi connectivity index (χ1v) is 6.57. The highest BCUT2D eigenvalue weighted by atomic mass is 16.4. The summed E-state index contributed by atoms with van der Waals surface area (Å²) in [5.74, 6) is -0.411. The van der Waals surface area contributed by atoms with Crippen LogP contribution in [0.1, 0.15) is 25.8 Å². The van der Waals surface area contributed by atoms with Gasteiger partial charge in [0.15, 0.2) is 5.58 Å². The summed E-state index contributed by atoms with van der Waals surface area (Å²) >= 11 is 0. The van der Waals surface area contributed by atoms with Crippen molar-refractivity contribution >= 4 is 11.1 Å². The minimum atomic E-state index is -0.411. The molecule has 2 aromatic rings. The molecule has 0 spiro atoms. The molecule has 104 valence electrons. The van der Waals surface area contributed by atoms with E-state index < -0.39 is 5.76 Å². The van der Waals surface area contributed by atoms with E-state index in [1.54, 1.807) is 0 Å². The number of H-pyrrole nitrogens is 1. The Bertz CT molecular complexity index is 598. The largest absolute Gasteiger partial charge is 0.417 e. The van der Waals surface area contributed by atoms with Gasteiger partial charge in [-0.2, -0.15) is 0 Å². The second-order valence-electron chi connectivity index (χ2n) is 5.43. The highest BCUT2D eigenvalue weighted by Crippen LogP contribution is 2.25. The van der Waals surface area contributed by atoms with Crippen molar-refractivity contribution in [3.8, 4) is 0 Å². The summed E-state index contributed by atoms with van der Waals surface area (Å²) in [6.07, 6.45) is 0.976. The van der Waals surface area contributed by atoms with Gasteiger partial charge in [0.05, 0.1) is 5.52 Å². The van der Waals surface area contributed by atoms with E-state index in [-0.39, 0.29) is 5.41 Å².